The average molecular weight is 296 g/mol. The van der Waals surface area contributed by atoms with E-state index in [2.05, 4.69) is 17.6 Å². The molecule has 1 aromatic carbocycles. The van der Waals surface area contributed by atoms with E-state index in [1.807, 2.05) is 17.0 Å². The first-order chi connectivity index (χ1) is 9.69. The second kappa shape index (κ2) is 7.50. The van der Waals surface area contributed by atoms with Gasteiger partial charge in [0.25, 0.3) is 0 Å². The van der Waals surface area contributed by atoms with Crippen molar-refractivity contribution in [2.75, 3.05) is 31.5 Å². The number of rotatable bonds is 4. The van der Waals surface area contributed by atoms with Crippen LogP contribution in [0.5, 0.6) is 0 Å². The Balaban J connectivity index is 1.80. The third kappa shape index (κ3) is 4.39. The fourth-order valence-electron chi connectivity index (χ4n) is 2.46. The summed E-state index contributed by atoms with van der Waals surface area (Å²) in [5, 5.41) is 6.90. The molecular weight excluding hydrogens is 274 g/mol. The molecule has 1 aromatic rings. The summed E-state index contributed by atoms with van der Waals surface area (Å²) in [7, 11) is 0. The second-order valence-electron chi connectivity index (χ2n) is 5.18. The molecule has 0 aromatic heterocycles. The summed E-state index contributed by atoms with van der Waals surface area (Å²) >= 11 is 5.91. The van der Waals surface area contributed by atoms with Crippen molar-refractivity contribution in [1.82, 2.24) is 10.2 Å². The van der Waals surface area contributed by atoms with Gasteiger partial charge in [-0.1, -0.05) is 24.6 Å². The Kier molecular flexibility index (Phi) is 5.68. The summed E-state index contributed by atoms with van der Waals surface area (Å²) in [5.74, 6) is 0.685. The fraction of sp³-hybridized carbons (Fsp3) is 0.533. The number of urea groups is 1. The number of carbonyl (C=O) groups is 1. The van der Waals surface area contributed by atoms with E-state index in [-0.39, 0.29) is 6.03 Å². The van der Waals surface area contributed by atoms with Gasteiger partial charge in [0.05, 0.1) is 0 Å². The number of piperidine rings is 1. The SMILES string of the molecule is CCNCC1CCN(C(=O)Nc2cccc(Cl)c2)CC1. The summed E-state index contributed by atoms with van der Waals surface area (Å²) < 4.78 is 0. The van der Waals surface area contributed by atoms with Gasteiger partial charge in [-0.15, -0.1) is 0 Å². The minimum absolute atomic E-state index is 0.0332. The molecule has 1 aliphatic heterocycles. The monoisotopic (exact) mass is 295 g/mol. The van der Waals surface area contributed by atoms with Crippen LogP contribution in [0.1, 0.15) is 19.8 Å². The number of carbonyl (C=O) groups excluding carboxylic acids is 1. The second-order valence-corrected chi connectivity index (χ2v) is 5.62. The molecule has 20 heavy (non-hydrogen) atoms. The standard InChI is InChI=1S/C15H22ClN3O/c1-2-17-11-12-6-8-19(9-7-12)15(20)18-14-5-3-4-13(16)10-14/h3-5,10,12,17H,2,6-9,11H2,1H3,(H,18,20). The molecule has 5 heteroatoms. The highest BCUT2D eigenvalue weighted by atomic mass is 35.5. The van der Waals surface area contributed by atoms with E-state index in [1.165, 1.54) is 0 Å². The molecule has 1 heterocycles. The fourth-order valence-corrected chi connectivity index (χ4v) is 2.65. The van der Waals surface area contributed by atoms with Crippen molar-refractivity contribution in [3.8, 4) is 0 Å². The highest BCUT2D eigenvalue weighted by molar-refractivity contribution is 6.30. The molecule has 0 spiro atoms. The lowest BCUT2D eigenvalue weighted by Crippen LogP contribution is -2.42. The van der Waals surface area contributed by atoms with Crippen LogP contribution in [0.25, 0.3) is 0 Å². The number of anilines is 1. The van der Waals surface area contributed by atoms with E-state index in [0.29, 0.717) is 10.9 Å². The van der Waals surface area contributed by atoms with Crippen molar-refractivity contribution >= 4 is 23.3 Å². The van der Waals surface area contributed by atoms with Gasteiger partial charge in [-0.2, -0.15) is 0 Å². The molecule has 2 amide bonds. The number of hydrogen-bond acceptors (Lipinski definition) is 2. The predicted octanol–water partition coefficient (Wildman–Crippen LogP) is 3.19. The highest BCUT2D eigenvalue weighted by Gasteiger charge is 2.22. The molecular formula is C15H22ClN3O. The van der Waals surface area contributed by atoms with Gasteiger partial charge in [0.1, 0.15) is 0 Å². The van der Waals surface area contributed by atoms with Crippen LogP contribution in [0, 0.1) is 5.92 Å². The maximum atomic E-state index is 12.2. The van der Waals surface area contributed by atoms with Gasteiger partial charge < -0.3 is 15.5 Å². The van der Waals surface area contributed by atoms with Crippen molar-refractivity contribution in [3.05, 3.63) is 29.3 Å². The first kappa shape index (κ1) is 15.1. The first-order valence-corrected chi connectivity index (χ1v) is 7.59. The lowest BCUT2D eigenvalue weighted by atomic mass is 9.97. The maximum Gasteiger partial charge on any atom is 0.321 e. The van der Waals surface area contributed by atoms with Crippen LogP contribution in [-0.4, -0.2) is 37.1 Å². The molecule has 0 radical (unpaired) electrons. The lowest BCUT2D eigenvalue weighted by molar-refractivity contribution is 0.182. The molecule has 0 atom stereocenters. The zero-order chi connectivity index (χ0) is 14.4. The van der Waals surface area contributed by atoms with Crippen molar-refractivity contribution in [3.63, 3.8) is 0 Å². The van der Waals surface area contributed by atoms with Crippen LogP contribution in [0.3, 0.4) is 0 Å². The summed E-state index contributed by atoms with van der Waals surface area (Å²) in [5.41, 5.74) is 0.747. The Bertz CT molecular complexity index is 444. The first-order valence-electron chi connectivity index (χ1n) is 7.21. The average Bonchev–Trinajstić information content (AvgIpc) is 2.45. The van der Waals surface area contributed by atoms with E-state index < -0.39 is 0 Å². The zero-order valence-electron chi connectivity index (χ0n) is 11.9. The van der Waals surface area contributed by atoms with Crippen LogP contribution in [0.15, 0.2) is 24.3 Å². The van der Waals surface area contributed by atoms with E-state index in [0.717, 1.165) is 44.7 Å². The molecule has 0 unspecified atom stereocenters. The van der Waals surface area contributed by atoms with Gasteiger partial charge in [0.15, 0.2) is 0 Å². The molecule has 4 nitrogen and oxygen atoms in total. The van der Waals surface area contributed by atoms with Gasteiger partial charge in [-0.05, 0) is 50.0 Å². The van der Waals surface area contributed by atoms with Gasteiger partial charge in [0, 0.05) is 23.8 Å². The Morgan fingerprint density at radius 1 is 1.40 bits per heavy atom. The molecule has 1 saturated heterocycles. The third-order valence-corrected chi connectivity index (χ3v) is 3.90. The van der Waals surface area contributed by atoms with Crippen molar-refractivity contribution < 1.29 is 4.79 Å². The largest absolute Gasteiger partial charge is 0.325 e. The molecule has 2 rings (SSSR count). The number of nitrogens with zero attached hydrogens (tertiary/aromatic N) is 1. The van der Waals surface area contributed by atoms with Crippen molar-refractivity contribution in [1.29, 1.82) is 0 Å². The summed E-state index contributed by atoms with van der Waals surface area (Å²) in [6.45, 7) is 5.83. The van der Waals surface area contributed by atoms with Crippen LogP contribution >= 0.6 is 11.6 Å². The number of benzene rings is 1. The minimum atomic E-state index is -0.0332. The van der Waals surface area contributed by atoms with Crippen molar-refractivity contribution in [2.45, 2.75) is 19.8 Å². The lowest BCUT2D eigenvalue weighted by Gasteiger charge is -2.32. The molecule has 0 aliphatic carbocycles. The molecule has 1 fully saturated rings. The normalized spacial score (nSPS) is 16.2. The number of likely N-dealkylation sites (tertiary alicyclic amines) is 1. The third-order valence-electron chi connectivity index (χ3n) is 3.66. The number of amides is 2. The van der Waals surface area contributed by atoms with E-state index >= 15 is 0 Å². The Hall–Kier alpha value is -1.26. The van der Waals surface area contributed by atoms with Gasteiger partial charge >= 0.3 is 6.03 Å². The van der Waals surface area contributed by atoms with E-state index in [1.54, 1.807) is 12.1 Å². The van der Waals surface area contributed by atoms with Crippen LogP contribution in [0.2, 0.25) is 5.02 Å². The number of hydrogen-bond donors (Lipinski definition) is 2. The Labute approximate surface area is 125 Å². The van der Waals surface area contributed by atoms with Crippen LogP contribution < -0.4 is 10.6 Å². The summed E-state index contributed by atoms with van der Waals surface area (Å²) in [4.78, 5) is 14.0. The quantitative estimate of drug-likeness (QED) is 0.896. The van der Waals surface area contributed by atoms with E-state index in [4.69, 9.17) is 11.6 Å². The minimum Gasteiger partial charge on any atom is -0.325 e. The number of halogens is 1. The molecule has 0 bridgehead atoms. The van der Waals surface area contributed by atoms with Crippen LogP contribution in [-0.2, 0) is 0 Å². The molecule has 110 valence electrons. The summed E-state index contributed by atoms with van der Waals surface area (Å²) in [6.07, 6.45) is 2.13. The smallest absolute Gasteiger partial charge is 0.321 e. The maximum absolute atomic E-state index is 12.2. The predicted molar refractivity (Wildman–Crippen MR) is 83.3 cm³/mol. The zero-order valence-corrected chi connectivity index (χ0v) is 12.6. The molecule has 0 saturated carbocycles. The van der Waals surface area contributed by atoms with Crippen LogP contribution in [0.4, 0.5) is 10.5 Å². The number of nitrogens with one attached hydrogen (secondary N) is 2. The highest BCUT2D eigenvalue weighted by Crippen LogP contribution is 2.19. The molecule has 1 aliphatic rings. The van der Waals surface area contributed by atoms with Gasteiger partial charge in [-0.25, -0.2) is 4.79 Å². The van der Waals surface area contributed by atoms with Gasteiger partial charge in [-0.3, -0.25) is 0 Å². The summed E-state index contributed by atoms with van der Waals surface area (Å²) in [6, 6.07) is 7.21. The van der Waals surface area contributed by atoms with E-state index in [9.17, 15) is 4.79 Å². The molecule has 2 N–H and O–H groups in total. The van der Waals surface area contributed by atoms with Gasteiger partial charge in [0.2, 0.25) is 0 Å². The Morgan fingerprint density at radius 2 is 2.15 bits per heavy atom. The Morgan fingerprint density at radius 3 is 2.80 bits per heavy atom. The van der Waals surface area contributed by atoms with Crippen molar-refractivity contribution in [2.24, 2.45) is 5.92 Å². The topological polar surface area (TPSA) is 44.4 Å².